The number of nitrogens with zero attached hydrogens (tertiary/aromatic N) is 1. The number of carbonyl (C=O) groups excluding carboxylic acids is 1. The third kappa shape index (κ3) is 16.4. The second-order valence-electron chi connectivity index (χ2n) is 14.0. The van der Waals surface area contributed by atoms with E-state index in [0.29, 0.717) is 23.7 Å². The van der Waals surface area contributed by atoms with Crippen molar-refractivity contribution < 1.29 is 19.8 Å². The predicted molar refractivity (Wildman–Crippen MR) is 197 cm³/mol. The molecule has 2 aromatic carbocycles. The van der Waals surface area contributed by atoms with Crippen molar-refractivity contribution in [1.82, 2.24) is 4.90 Å². The van der Waals surface area contributed by atoms with E-state index in [4.69, 9.17) is 10.2 Å². The van der Waals surface area contributed by atoms with Crippen molar-refractivity contribution in [3.05, 3.63) is 70.8 Å². The van der Waals surface area contributed by atoms with Gasteiger partial charge in [-0.15, -0.1) is 0 Å². The number of carbonyl (C=O) groups is 2. The summed E-state index contributed by atoms with van der Waals surface area (Å²) < 4.78 is 0. The lowest BCUT2D eigenvalue weighted by Gasteiger charge is -2.22. The summed E-state index contributed by atoms with van der Waals surface area (Å²) in [6.07, 6.45) is 24.6. The zero-order valence-corrected chi connectivity index (χ0v) is 30.4. The number of hydrogen-bond donors (Lipinski definition) is 2. The first-order valence-corrected chi connectivity index (χ1v) is 19.0. The maximum atomic E-state index is 11.3. The number of aliphatic hydroxyl groups excluding tert-OH is 1. The van der Waals surface area contributed by atoms with E-state index in [-0.39, 0.29) is 6.54 Å². The zero-order chi connectivity index (χ0) is 34.3. The van der Waals surface area contributed by atoms with Crippen molar-refractivity contribution in [2.45, 2.75) is 160 Å². The highest BCUT2D eigenvalue weighted by atomic mass is 16.4. The summed E-state index contributed by atoms with van der Waals surface area (Å²) in [6.45, 7) is 4.67. The lowest BCUT2D eigenvalue weighted by molar-refractivity contribution is -0.138. The molecule has 4 rings (SSSR count). The Kier molecular flexibility index (Phi) is 21.3. The van der Waals surface area contributed by atoms with Crippen molar-refractivity contribution in [3.8, 4) is 0 Å². The molecule has 0 radical (unpaired) electrons. The van der Waals surface area contributed by atoms with E-state index in [9.17, 15) is 9.59 Å². The van der Waals surface area contributed by atoms with Gasteiger partial charge in [-0.05, 0) is 92.5 Å². The number of unbranched alkanes of at least 4 members (excludes halogenated alkanes) is 10. The van der Waals surface area contributed by atoms with Crippen LogP contribution in [-0.4, -0.2) is 53.6 Å². The normalized spacial score (nSPS) is 18.9. The number of carboxylic acids is 1. The number of aryl methyl sites for hydroxylation is 2. The van der Waals surface area contributed by atoms with E-state index >= 15 is 0 Å². The maximum Gasteiger partial charge on any atom is 0.317 e. The third-order valence-electron chi connectivity index (χ3n) is 10.2. The minimum Gasteiger partial charge on any atom is -0.480 e. The summed E-state index contributed by atoms with van der Waals surface area (Å²) in [4.78, 5) is 24.2. The highest BCUT2D eigenvalue weighted by Gasteiger charge is 2.29. The van der Waals surface area contributed by atoms with E-state index in [1.807, 2.05) is 11.9 Å². The quantitative estimate of drug-likeness (QED) is 0.148. The maximum absolute atomic E-state index is 11.3. The summed E-state index contributed by atoms with van der Waals surface area (Å²) >= 11 is 0. The molecule has 264 valence electrons. The molecule has 3 atom stereocenters. The number of Topliss-reactive ketones (excluding diaryl/α,β-unsaturated/α-hetero) is 1. The fourth-order valence-electron chi connectivity index (χ4n) is 7.23. The van der Waals surface area contributed by atoms with Crippen LogP contribution in [0.4, 0.5) is 0 Å². The van der Waals surface area contributed by atoms with Gasteiger partial charge in [0.25, 0.3) is 0 Å². The van der Waals surface area contributed by atoms with Gasteiger partial charge in [0, 0.05) is 26.0 Å². The molecule has 2 aliphatic rings. The van der Waals surface area contributed by atoms with Crippen molar-refractivity contribution >= 4 is 11.8 Å². The highest BCUT2D eigenvalue weighted by molar-refractivity contribution is 5.81. The van der Waals surface area contributed by atoms with Crippen molar-refractivity contribution in [1.29, 1.82) is 0 Å². The molecule has 0 heterocycles. The van der Waals surface area contributed by atoms with Crippen LogP contribution in [-0.2, 0) is 22.4 Å². The Morgan fingerprint density at radius 2 is 1.15 bits per heavy atom. The van der Waals surface area contributed by atoms with Gasteiger partial charge in [0.15, 0.2) is 0 Å². The van der Waals surface area contributed by atoms with E-state index in [0.717, 1.165) is 39.2 Å². The number of benzene rings is 2. The van der Waals surface area contributed by atoms with Gasteiger partial charge in [0.2, 0.25) is 0 Å². The van der Waals surface area contributed by atoms with Crippen LogP contribution in [0.15, 0.2) is 48.5 Å². The van der Waals surface area contributed by atoms with Gasteiger partial charge >= 0.3 is 5.97 Å². The van der Waals surface area contributed by atoms with Gasteiger partial charge in [-0.2, -0.15) is 0 Å². The lowest BCUT2D eigenvalue weighted by Crippen LogP contribution is -2.34. The summed E-state index contributed by atoms with van der Waals surface area (Å²) in [5.41, 5.74) is 5.70. The predicted octanol–water partition coefficient (Wildman–Crippen LogP) is 10.3. The number of aliphatic hydroxyl groups is 1. The van der Waals surface area contributed by atoms with Crippen LogP contribution in [0.25, 0.3) is 0 Å². The molecule has 5 nitrogen and oxygen atoms in total. The Morgan fingerprint density at radius 1 is 0.681 bits per heavy atom. The van der Waals surface area contributed by atoms with E-state index in [1.54, 1.807) is 0 Å². The van der Waals surface area contributed by atoms with Crippen LogP contribution in [0, 0.1) is 0 Å². The van der Waals surface area contributed by atoms with Crippen LogP contribution < -0.4 is 0 Å². The first-order chi connectivity index (χ1) is 22.9. The number of rotatable bonds is 19. The molecule has 0 aliphatic heterocycles. The molecule has 0 amide bonds. The molecule has 2 fully saturated rings. The SMILES string of the molecule is CCCCCCCCc1ccc(C2CCC(=O)C2)cc1.CCCCCCCCc1ccc(C2CCC(N(C)CC(=O)O)C2)cc1.CO. The van der Waals surface area contributed by atoms with Crippen LogP contribution >= 0.6 is 0 Å². The highest BCUT2D eigenvalue weighted by Crippen LogP contribution is 2.36. The number of carboxylic acid groups (broad SMARTS) is 1. The van der Waals surface area contributed by atoms with Gasteiger partial charge in [-0.1, -0.05) is 127 Å². The summed E-state index contributed by atoms with van der Waals surface area (Å²) in [5, 5.41) is 15.9. The Hall–Kier alpha value is -2.50. The van der Waals surface area contributed by atoms with Crippen LogP contribution in [0.5, 0.6) is 0 Å². The standard InChI is InChI=1S/C22H35NO2.C19H28O.CH4O/c1-3-4-5-6-7-8-9-18-10-12-19(13-11-18)20-14-15-21(16-20)23(2)17-22(24)25;1-2-3-4-5-6-7-8-16-9-11-17(12-10-16)18-13-14-19(20)15-18;1-2/h10-13,20-21H,3-9,14-17H2,1-2H3,(H,24,25);9-12,18H,2-8,13-15H2,1H3;2H,1H3. The third-order valence-corrected chi connectivity index (χ3v) is 10.2. The van der Waals surface area contributed by atoms with E-state index in [1.165, 1.54) is 119 Å². The minimum atomic E-state index is -0.731. The molecule has 2 aliphatic carbocycles. The Morgan fingerprint density at radius 3 is 1.60 bits per heavy atom. The molecule has 2 N–H and O–H groups in total. The number of hydrogen-bond acceptors (Lipinski definition) is 4. The minimum absolute atomic E-state index is 0.147. The van der Waals surface area contributed by atoms with E-state index < -0.39 is 5.97 Å². The first kappa shape index (κ1) is 40.7. The van der Waals surface area contributed by atoms with Gasteiger partial charge < -0.3 is 10.2 Å². The van der Waals surface area contributed by atoms with E-state index in [2.05, 4.69) is 62.4 Å². The molecule has 2 saturated carbocycles. The van der Waals surface area contributed by atoms with Gasteiger partial charge in [0.1, 0.15) is 5.78 Å². The smallest absolute Gasteiger partial charge is 0.317 e. The zero-order valence-electron chi connectivity index (χ0n) is 30.4. The molecule has 0 spiro atoms. The number of likely N-dealkylation sites (N-methyl/N-ethyl adjacent to an activating group) is 1. The number of ketones is 1. The summed E-state index contributed by atoms with van der Waals surface area (Å²) in [6, 6.07) is 18.6. The second kappa shape index (κ2) is 24.6. The largest absolute Gasteiger partial charge is 0.480 e. The molecule has 0 saturated heterocycles. The molecule has 0 bridgehead atoms. The molecule has 0 aromatic heterocycles. The van der Waals surface area contributed by atoms with Gasteiger partial charge in [-0.25, -0.2) is 0 Å². The molecule has 5 heteroatoms. The average Bonchev–Trinajstić information content (AvgIpc) is 3.76. The Bertz CT molecular complexity index is 1100. The molecule has 2 aromatic rings. The second-order valence-corrected chi connectivity index (χ2v) is 14.0. The van der Waals surface area contributed by atoms with Crippen LogP contribution in [0.2, 0.25) is 0 Å². The van der Waals surface area contributed by atoms with Crippen molar-refractivity contribution in [2.24, 2.45) is 0 Å². The van der Waals surface area contributed by atoms with Crippen LogP contribution in [0.1, 0.15) is 164 Å². The topological polar surface area (TPSA) is 77.8 Å². The Labute approximate surface area is 287 Å². The summed E-state index contributed by atoms with van der Waals surface area (Å²) in [5.74, 6) is 0.783. The van der Waals surface area contributed by atoms with Crippen molar-refractivity contribution in [3.63, 3.8) is 0 Å². The van der Waals surface area contributed by atoms with Crippen molar-refractivity contribution in [2.75, 3.05) is 20.7 Å². The molecule has 47 heavy (non-hydrogen) atoms. The van der Waals surface area contributed by atoms with Crippen LogP contribution in [0.3, 0.4) is 0 Å². The molecule has 3 unspecified atom stereocenters. The molecular formula is C42H67NO4. The average molecular weight is 650 g/mol. The number of aliphatic carboxylic acids is 1. The van der Waals surface area contributed by atoms with Gasteiger partial charge in [0.05, 0.1) is 6.54 Å². The molecular weight excluding hydrogens is 582 g/mol. The summed E-state index contributed by atoms with van der Waals surface area (Å²) in [7, 11) is 2.94. The fourth-order valence-corrected chi connectivity index (χ4v) is 7.23. The fraction of sp³-hybridized carbons (Fsp3) is 0.667. The van der Waals surface area contributed by atoms with Gasteiger partial charge in [-0.3, -0.25) is 14.5 Å². The lowest BCUT2D eigenvalue weighted by atomic mass is 9.95. The Balaban J connectivity index is 0.000000317. The monoisotopic (exact) mass is 650 g/mol. The first-order valence-electron chi connectivity index (χ1n) is 19.0.